The summed E-state index contributed by atoms with van der Waals surface area (Å²) in [6.07, 6.45) is 5.33. The van der Waals surface area contributed by atoms with E-state index in [1.165, 1.54) is 16.0 Å². The van der Waals surface area contributed by atoms with Crippen LogP contribution in [0.1, 0.15) is 35.4 Å². The van der Waals surface area contributed by atoms with Crippen LogP contribution in [-0.2, 0) is 12.3 Å². The van der Waals surface area contributed by atoms with Gasteiger partial charge >= 0.3 is 0 Å². The maximum atomic E-state index is 8.88. The normalized spacial score (nSPS) is 13.0. The van der Waals surface area contributed by atoms with Gasteiger partial charge in [0.2, 0.25) is 0 Å². The summed E-state index contributed by atoms with van der Waals surface area (Å²) in [4.78, 5) is 5.83. The number of rotatable bonds is 12. The average Bonchev–Trinajstić information content (AvgIpc) is 3.21. The quantitative estimate of drug-likeness (QED) is 0.239. The van der Waals surface area contributed by atoms with Crippen molar-refractivity contribution in [2.75, 3.05) is 25.4 Å². The third kappa shape index (κ3) is 6.98. The summed E-state index contributed by atoms with van der Waals surface area (Å²) >= 11 is 3.38. The molecule has 3 aromatic rings. The smallest absolute Gasteiger partial charge is 0.180 e. The van der Waals surface area contributed by atoms with Crippen LogP contribution in [0.15, 0.2) is 60.8 Å². The number of para-hydroxylation sites is 1. The fourth-order valence-electron chi connectivity index (χ4n) is 3.67. The number of benzene rings is 2. The highest BCUT2D eigenvalue weighted by atomic mass is 32.2. The number of unbranched alkanes of at least 4 members (excludes halogenated alkanes) is 1. The lowest BCUT2D eigenvalue weighted by atomic mass is 10.0. The molecule has 0 amide bonds. The van der Waals surface area contributed by atoms with Gasteiger partial charge in [0.15, 0.2) is 5.13 Å². The van der Waals surface area contributed by atoms with Crippen molar-refractivity contribution in [1.82, 2.24) is 14.6 Å². The minimum atomic E-state index is 0.181. The highest BCUT2D eigenvalue weighted by molar-refractivity contribution is 7.96. The molecule has 4 rings (SSSR count). The van der Waals surface area contributed by atoms with Gasteiger partial charge in [-0.05, 0) is 73.2 Å². The van der Waals surface area contributed by atoms with Crippen LogP contribution in [-0.4, -0.2) is 34.1 Å². The van der Waals surface area contributed by atoms with E-state index in [1.807, 2.05) is 42.5 Å². The number of fused-ring (bicyclic) bond motifs is 1. The van der Waals surface area contributed by atoms with Gasteiger partial charge in [0.05, 0.1) is 23.7 Å². The summed E-state index contributed by atoms with van der Waals surface area (Å²) in [7, 11) is 0. The van der Waals surface area contributed by atoms with Crippen molar-refractivity contribution in [2.24, 2.45) is 0 Å². The Bertz CT molecular complexity index is 1060. The Morgan fingerprint density at radius 3 is 2.79 bits per heavy atom. The maximum absolute atomic E-state index is 8.88. The minimum absolute atomic E-state index is 0.181. The van der Waals surface area contributed by atoms with Gasteiger partial charge in [-0.15, -0.1) is 0 Å². The van der Waals surface area contributed by atoms with E-state index in [9.17, 15) is 0 Å². The predicted molar refractivity (Wildman–Crippen MR) is 138 cm³/mol. The monoisotopic (exact) mass is 482 g/mol. The molecule has 0 bridgehead atoms. The molecule has 0 unspecified atom stereocenters. The van der Waals surface area contributed by atoms with E-state index in [0.29, 0.717) is 11.7 Å². The number of aromatic nitrogens is 1. The first-order valence-electron chi connectivity index (χ1n) is 11.2. The molecule has 0 atom stereocenters. The van der Waals surface area contributed by atoms with E-state index in [2.05, 4.69) is 32.9 Å². The zero-order valence-electron chi connectivity index (χ0n) is 18.6. The number of aliphatic hydroxyl groups excluding tert-OH is 1. The van der Waals surface area contributed by atoms with Crippen LogP contribution in [0.2, 0.25) is 0 Å². The molecule has 8 heteroatoms. The van der Waals surface area contributed by atoms with Gasteiger partial charge in [0, 0.05) is 18.5 Å². The highest BCUT2D eigenvalue weighted by Crippen LogP contribution is 2.37. The van der Waals surface area contributed by atoms with E-state index >= 15 is 0 Å². The number of nitrogens with two attached hydrogens (primary N) is 1. The molecule has 174 valence electrons. The largest absolute Gasteiger partial charge is 0.457 e. The van der Waals surface area contributed by atoms with Crippen LogP contribution in [0.3, 0.4) is 0 Å². The Morgan fingerprint density at radius 1 is 1.09 bits per heavy atom. The number of nitrogens with one attached hydrogen (secondary N) is 1. The number of anilines is 1. The molecule has 4 N–H and O–H groups in total. The third-order valence-electron chi connectivity index (χ3n) is 5.23. The number of allylic oxidation sites excluding steroid dienone is 1. The molecule has 0 aliphatic carbocycles. The van der Waals surface area contributed by atoms with Crippen LogP contribution in [0, 0.1) is 0 Å². The summed E-state index contributed by atoms with van der Waals surface area (Å²) in [5, 5.41) is 12.7. The van der Waals surface area contributed by atoms with Gasteiger partial charge in [-0.3, -0.25) is 0 Å². The van der Waals surface area contributed by atoms with Crippen molar-refractivity contribution in [3.8, 4) is 11.5 Å². The number of nitrogen functional groups attached to an aromatic ring is 1. The lowest BCUT2D eigenvalue weighted by Crippen LogP contribution is -2.19. The zero-order chi connectivity index (χ0) is 22.9. The predicted octanol–water partition coefficient (Wildman–Crippen LogP) is 5.27. The Labute approximate surface area is 203 Å². The average molecular weight is 483 g/mol. The summed E-state index contributed by atoms with van der Waals surface area (Å²) in [5.74, 6) is 2.54. The summed E-state index contributed by atoms with van der Waals surface area (Å²) < 4.78 is 8.28. The minimum Gasteiger partial charge on any atom is -0.457 e. The molecule has 0 spiro atoms. The second-order valence-electron chi connectivity index (χ2n) is 7.82. The Hall–Kier alpha value is -2.52. The lowest BCUT2D eigenvalue weighted by Gasteiger charge is -2.25. The molecular weight excluding hydrogens is 452 g/mol. The molecule has 0 fully saturated rings. The number of hydrogen-bond acceptors (Lipinski definition) is 8. The molecular formula is C25H30N4O2S2. The van der Waals surface area contributed by atoms with Crippen molar-refractivity contribution < 1.29 is 9.84 Å². The van der Waals surface area contributed by atoms with Crippen molar-refractivity contribution >= 4 is 34.0 Å². The van der Waals surface area contributed by atoms with Crippen LogP contribution in [0.25, 0.3) is 5.57 Å². The van der Waals surface area contributed by atoms with Crippen molar-refractivity contribution in [3.05, 3.63) is 76.9 Å². The third-order valence-corrected chi connectivity index (χ3v) is 7.13. The maximum Gasteiger partial charge on any atom is 0.180 e. The van der Waals surface area contributed by atoms with E-state index < -0.39 is 0 Å². The second-order valence-corrected chi connectivity index (χ2v) is 9.95. The summed E-state index contributed by atoms with van der Waals surface area (Å²) in [5.41, 5.74) is 9.56. The van der Waals surface area contributed by atoms with E-state index in [0.717, 1.165) is 55.3 Å². The highest BCUT2D eigenvalue weighted by Gasteiger charge is 2.22. The first-order valence-corrected chi connectivity index (χ1v) is 13.0. The van der Waals surface area contributed by atoms with Gasteiger partial charge in [-0.2, -0.15) is 0 Å². The Kier molecular flexibility index (Phi) is 8.65. The van der Waals surface area contributed by atoms with Crippen LogP contribution < -0.4 is 15.8 Å². The molecule has 0 saturated carbocycles. The molecule has 1 aliphatic rings. The SMILES string of the molecule is Nc1nc2c(s1)CN(SCc1cccc(Oc3ccccc3)c1)C=C2CCCCNCCO. The first kappa shape index (κ1) is 23.6. The van der Waals surface area contributed by atoms with E-state index in [4.69, 9.17) is 15.6 Å². The summed E-state index contributed by atoms with van der Waals surface area (Å²) in [6.45, 7) is 2.56. The van der Waals surface area contributed by atoms with Crippen molar-refractivity contribution in [1.29, 1.82) is 0 Å². The van der Waals surface area contributed by atoms with E-state index in [-0.39, 0.29) is 6.61 Å². The Balaban J connectivity index is 1.35. The number of aliphatic hydroxyl groups is 1. The summed E-state index contributed by atoms with van der Waals surface area (Å²) in [6, 6.07) is 18.1. The Morgan fingerprint density at radius 2 is 1.94 bits per heavy atom. The molecule has 1 aliphatic heterocycles. The topological polar surface area (TPSA) is 83.6 Å². The van der Waals surface area contributed by atoms with Gasteiger partial charge < -0.3 is 25.2 Å². The fourth-order valence-corrected chi connectivity index (χ4v) is 5.53. The molecule has 1 aromatic heterocycles. The molecule has 0 saturated heterocycles. The molecule has 2 aromatic carbocycles. The second kappa shape index (κ2) is 12.1. The number of nitrogens with zero attached hydrogens (tertiary/aromatic N) is 2. The van der Waals surface area contributed by atoms with Gasteiger partial charge in [0.25, 0.3) is 0 Å². The van der Waals surface area contributed by atoms with Crippen LogP contribution in [0.5, 0.6) is 11.5 Å². The van der Waals surface area contributed by atoms with Gasteiger partial charge in [-0.1, -0.05) is 41.7 Å². The first-order chi connectivity index (χ1) is 16.2. The number of hydrogen-bond donors (Lipinski definition) is 3. The molecule has 0 radical (unpaired) electrons. The van der Waals surface area contributed by atoms with E-state index in [1.54, 1.807) is 23.3 Å². The van der Waals surface area contributed by atoms with Crippen LogP contribution in [0.4, 0.5) is 5.13 Å². The lowest BCUT2D eigenvalue weighted by molar-refractivity contribution is 0.292. The van der Waals surface area contributed by atoms with Gasteiger partial charge in [-0.25, -0.2) is 4.98 Å². The number of ether oxygens (including phenoxy) is 1. The van der Waals surface area contributed by atoms with Crippen LogP contribution >= 0.6 is 23.3 Å². The molecule has 2 heterocycles. The molecule has 33 heavy (non-hydrogen) atoms. The standard InChI is InChI=1S/C25H30N4O2S2/c26-25-28-24-20(8-4-5-12-27-13-14-30)16-29(17-23(24)33-25)32-18-19-7-6-11-22(15-19)31-21-9-2-1-3-10-21/h1-3,6-7,9-11,15-16,27,30H,4-5,8,12-14,17-18H2,(H2,26,28). The molecule has 6 nitrogen and oxygen atoms in total. The van der Waals surface area contributed by atoms with Crippen molar-refractivity contribution in [3.63, 3.8) is 0 Å². The van der Waals surface area contributed by atoms with Gasteiger partial charge in [0.1, 0.15) is 11.5 Å². The number of thiazole rings is 1. The zero-order valence-corrected chi connectivity index (χ0v) is 20.2. The van der Waals surface area contributed by atoms with Crippen molar-refractivity contribution in [2.45, 2.75) is 31.6 Å². The fraction of sp³-hybridized carbons (Fsp3) is 0.320.